The Morgan fingerprint density at radius 3 is 2.08 bits per heavy atom. The topological polar surface area (TPSA) is 61.3 Å². The van der Waals surface area contributed by atoms with Crippen LogP contribution in [-0.4, -0.2) is 12.1 Å². The first-order valence-electron chi connectivity index (χ1n) is 4.22. The van der Waals surface area contributed by atoms with Gasteiger partial charge in [0.15, 0.2) is 0 Å². The van der Waals surface area contributed by atoms with E-state index in [0.29, 0.717) is 12.3 Å². The van der Waals surface area contributed by atoms with Gasteiger partial charge in [0, 0.05) is 6.42 Å². The van der Waals surface area contributed by atoms with E-state index in [1.54, 1.807) is 0 Å². The average Bonchev–Trinajstić information content (AvgIpc) is 1.82. The van der Waals surface area contributed by atoms with Gasteiger partial charge in [0.2, 0.25) is 0 Å². The molecular formula is C9H21NO2. The van der Waals surface area contributed by atoms with E-state index >= 15 is 0 Å². The van der Waals surface area contributed by atoms with Crippen molar-refractivity contribution >= 4 is 5.97 Å². The van der Waals surface area contributed by atoms with Crippen LogP contribution in [0.25, 0.3) is 0 Å². The minimum absolute atomic E-state index is 0. The minimum atomic E-state index is -0.0753. The zero-order valence-corrected chi connectivity index (χ0v) is 8.59. The molecule has 0 atom stereocenters. The third kappa shape index (κ3) is 9.43. The number of esters is 1. The Morgan fingerprint density at radius 2 is 1.75 bits per heavy atom. The molecule has 0 unspecified atom stereocenters. The highest BCUT2D eigenvalue weighted by molar-refractivity contribution is 5.69. The molecule has 0 heterocycles. The van der Waals surface area contributed by atoms with E-state index < -0.39 is 0 Å². The number of ether oxygens (including phenoxy) is 1. The fourth-order valence-electron chi connectivity index (χ4n) is 0.728. The van der Waals surface area contributed by atoms with Gasteiger partial charge in [-0.1, -0.05) is 13.8 Å². The molecule has 0 amide bonds. The quantitative estimate of drug-likeness (QED) is 0.668. The molecule has 0 bridgehead atoms. The minimum Gasteiger partial charge on any atom is -0.463 e. The normalized spacial score (nSPS) is 9.83. The zero-order chi connectivity index (χ0) is 8.85. The highest BCUT2D eigenvalue weighted by Crippen LogP contribution is 2.05. The van der Waals surface area contributed by atoms with Crippen molar-refractivity contribution < 1.29 is 9.53 Å². The summed E-state index contributed by atoms with van der Waals surface area (Å²) in [5, 5.41) is 0. The van der Waals surface area contributed by atoms with Gasteiger partial charge in [0.05, 0.1) is 6.10 Å². The number of hydrogen-bond acceptors (Lipinski definition) is 3. The fourth-order valence-corrected chi connectivity index (χ4v) is 0.728. The van der Waals surface area contributed by atoms with Crippen LogP contribution in [-0.2, 0) is 9.53 Å². The first-order valence-corrected chi connectivity index (χ1v) is 4.22. The Bertz CT molecular complexity index is 122. The van der Waals surface area contributed by atoms with E-state index in [2.05, 4.69) is 13.8 Å². The molecule has 0 aliphatic heterocycles. The number of carbonyl (C=O) groups excluding carboxylic acids is 1. The molecule has 12 heavy (non-hydrogen) atoms. The standard InChI is InChI=1S/C9H18O2.H3N/c1-7(2)5-6-9(10)11-8(3)4;/h7-8H,5-6H2,1-4H3;1H3. The van der Waals surface area contributed by atoms with Crippen LogP contribution in [0.4, 0.5) is 0 Å². The summed E-state index contributed by atoms with van der Waals surface area (Å²) >= 11 is 0. The van der Waals surface area contributed by atoms with Crippen molar-refractivity contribution in [2.24, 2.45) is 5.92 Å². The smallest absolute Gasteiger partial charge is 0.306 e. The van der Waals surface area contributed by atoms with Gasteiger partial charge in [-0.3, -0.25) is 4.79 Å². The molecule has 0 fully saturated rings. The predicted octanol–water partition coefficient (Wildman–Crippen LogP) is 2.54. The van der Waals surface area contributed by atoms with E-state index in [4.69, 9.17) is 4.74 Å². The van der Waals surface area contributed by atoms with E-state index in [0.717, 1.165) is 6.42 Å². The Kier molecular flexibility index (Phi) is 8.27. The maximum atomic E-state index is 10.9. The van der Waals surface area contributed by atoms with Crippen molar-refractivity contribution in [2.75, 3.05) is 0 Å². The van der Waals surface area contributed by atoms with Crippen LogP contribution in [0, 0.1) is 5.92 Å². The third-order valence-electron chi connectivity index (χ3n) is 1.29. The van der Waals surface area contributed by atoms with Crippen LogP contribution >= 0.6 is 0 Å². The second kappa shape index (κ2) is 7.10. The Labute approximate surface area is 75.1 Å². The van der Waals surface area contributed by atoms with Crippen LogP contribution < -0.4 is 6.15 Å². The molecular weight excluding hydrogens is 154 g/mol. The summed E-state index contributed by atoms with van der Waals surface area (Å²) in [6.07, 6.45) is 1.50. The molecule has 0 aromatic heterocycles. The van der Waals surface area contributed by atoms with Crippen LogP contribution in [0.15, 0.2) is 0 Å². The summed E-state index contributed by atoms with van der Waals surface area (Å²) in [5.74, 6) is 0.503. The van der Waals surface area contributed by atoms with E-state index in [9.17, 15) is 4.79 Å². The molecule has 74 valence electrons. The van der Waals surface area contributed by atoms with Gasteiger partial charge < -0.3 is 10.9 Å². The molecule has 0 aliphatic carbocycles. The molecule has 0 aliphatic rings. The highest BCUT2D eigenvalue weighted by Gasteiger charge is 2.05. The van der Waals surface area contributed by atoms with Gasteiger partial charge in [0.1, 0.15) is 0 Å². The van der Waals surface area contributed by atoms with Crippen molar-refractivity contribution in [3.05, 3.63) is 0 Å². The van der Waals surface area contributed by atoms with Gasteiger partial charge in [-0.15, -0.1) is 0 Å². The fraction of sp³-hybridized carbons (Fsp3) is 0.889. The second-order valence-electron chi connectivity index (χ2n) is 3.47. The van der Waals surface area contributed by atoms with Crippen molar-refractivity contribution in [1.29, 1.82) is 0 Å². The van der Waals surface area contributed by atoms with Crippen LogP contribution in [0.5, 0.6) is 0 Å². The lowest BCUT2D eigenvalue weighted by atomic mass is 10.1. The van der Waals surface area contributed by atoms with E-state index in [1.807, 2.05) is 13.8 Å². The lowest BCUT2D eigenvalue weighted by Gasteiger charge is -2.08. The Hall–Kier alpha value is -0.570. The van der Waals surface area contributed by atoms with Gasteiger partial charge in [-0.05, 0) is 26.2 Å². The van der Waals surface area contributed by atoms with Crippen molar-refractivity contribution in [1.82, 2.24) is 6.15 Å². The number of carbonyl (C=O) groups is 1. The second-order valence-corrected chi connectivity index (χ2v) is 3.47. The summed E-state index contributed by atoms with van der Waals surface area (Å²) in [6, 6.07) is 0. The van der Waals surface area contributed by atoms with Crippen molar-refractivity contribution in [3.8, 4) is 0 Å². The largest absolute Gasteiger partial charge is 0.463 e. The molecule has 0 rings (SSSR count). The Morgan fingerprint density at radius 1 is 1.25 bits per heavy atom. The lowest BCUT2D eigenvalue weighted by molar-refractivity contribution is -0.147. The molecule has 3 heteroatoms. The number of hydrogen-bond donors (Lipinski definition) is 1. The summed E-state index contributed by atoms with van der Waals surface area (Å²) in [5.41, 5.74) is 0. The van der Waals surface area contributed by atoms with Crippen molar-refractivity contribution in [3.63, 3.8) is 0 Å². The molecule has 3 N–H and O–H groups in total. The Balaban J connectivity index is 0. The van der Waals surface area contributed by atoms with Gasteiger partial charge in [-0.25, -0.2) is 0 Å². The highest BCUT2D eigenvalue weighted by atomic mass is 16.5. The SMILES string of the molecule is CC(C)CCC(=O)OC(C)C.N. The van der Waals surface area contributed by atoms with Crippen molar-refractivity contribution in [2.45, 2.75) is 46.6 Å². The van der Waals surface area contributed by atoms with Gasteiger partial charge in [0.25, 0.3) is 0 Å². The first-order chi connectivity index (χ1) is 5.02. The molecule has 0 radical (unpaired) electrons. The summed E-state index contributed by atoms with van der Waals surface area (Å²) < 4.78 is 4.96. The van der Waals surface area contributed by atoms with Crippen LogP contribution in [0.1, 0.15) is 40.5 Å². The predicted molar refractivity (Wildman–Crippen MR) is 50.3 cm³/mol. The summed E-state index contributed by atoms with van der Waals surface area (Å²) in [4.78, 5) is 10.9. The summed E-state index contributed by atoms with van der Waals surface area (Å²) in [6.45, 7) is 7.94. The monoisotopic (exact) mass is 175 g/mol. The van der Waals surface area contributed by atoms with Crippen LogP contribution in [0.2, 0.25) is 0 Å². The molecule has 0 aromatic carbocycles. The molecule has 0 saturated heterocycles. The average molecular weight is 175 g/mol. The summed E-state index contributed by atoms with van der Waals surface area (Å²) in [7, 11) is 0. The molecule has 0 aromatic rings. The molecule has 3 nitrogen and oxygen atoms in total. The van der Waals surface area contributed by atoms with Gasteiger partial charge in [-0.2, -0.15) is 0 Å². The zero-order valence-electron chi connectivity index (χ0n) is 8.59. The molecule has 0 spiro atoms. The van der Waals surface area contributed by atoms with E-state index in [-0.39, 0.29) is 18.2 Å². The number of rotatable bonds is 4. The third-order valence-corrected chi connectivity index (χ3v) is 1.29. The van der Waals surface area contributed by atoms with Crippen LogP contribution in [0.3, 0.4) is 0 Å². The maximum absolute atomic E-state index is 10.9. The lowest BCUT2D eigenvalue weighted by Crippen LogP contribution is -2.11. The van der Waals surface area contributed by atoms with Gasteiger partial charge >= 0.3 is 5.97 Å². The molecule has 0 saturated carbocycles. The first kappa shape index (κ1) is 14.0. The van der Waals surface area contributed by atoms with E-state index in [1.165, 1.54) is 0 Å². The maximum Gasteiger partial charge on any atom is 0.306 e.